The van der Waals surface area contributed by atoms with Crippen LogP contribution in [-0.4, -0.2) is 26.0 Å². The molecule has 1 aliphatic rings. The molecule has 0 saturated heterocycles. The molecule has 3 aromatic heterocycles. The monoisotopic (exact) mass is 377 g/mol. The summed E-state index contributed by atoms with van der Waals surface area (Å²) < 4.78 is 5.14. The number of nitrogens with one attached hydrogen (secondary N) is 1. The predicted molar refractivity (Wildman–Crippen MR) is 104 cm³/mol. The highest BCUT2D eigenvalue weighted by Crippen LogP contribution is 2.40. The topological polar surface area (TPSA) is 93.8 Å². The number of carbonyl (C=O) groups excluding carboxylic acids is 1. The van der Waals surface area contributed by atoms with Gasteiger partial charge in [-0.15, -0.1) is 0 Å². The number of nitrogens with zero attached hydrogens (tertiary/aromatic N) is 4. The van der Waals surface area contributed by atoms with Crippen molar-refractivity contribution >= 4 is 5.91 Å². The average molecular weight is 377 g/mol. The molecule has 0 bridgehead atoms. The number of fused-ring (bicyclic) bond motifs is 1. The fourth-order valence-corrected chi connectivity index (χ4v) is 3.85. The Balaban J connectivity index is 1.68. The molecule has 4 rings (SSSR count). The third kappa shape index (κ3) is 3.40. The molecular weight excluding hydrogens is 354 g/mol. The van der Waals surface area contributed by atoms with Crippen LogP contribution in [0.2, 0.25) is 0 Å². The second-order valence-corrected chi connectivity index (χ2v) is 8.11. The highest BCUT2D eigenvalue weighted by molar-refractivity contribution is 5.96. The maximum Gasteiger partial charge on any atom is 0.257 e. The van der Waals surface area contributed by atoms with Gasteiger partial charge in [-0.1, -0.05) is 19.0 Å². The second-order valence-electron chi connectivity index (χ2n) is 8.11. The Morgan fingerprint density at radius 1 is 1.29 bits per heavy atom. The zero-order chi connectivity index (χ0) is 19.9. The van der Waals surface area contributed by atoms with E-state index in [1.165, 1.54) is 0 Å². The van der Waals surface area contributed by atoms with Crippen LogP contribution in [0.3, 0.4) is 0 Å². The van der Waals surface area contributed by atoms with E-state index < -0.39 is 0 Å². The molecule has 0 radical (unpaired) electrons. The normalized spacial score (nSPS) is 17.8. The third-order valence-corrected chi connectivity index (χ3v) is 5.16. The summed E-state index contributed by atoms with van der Waals surface area (Å²) in [6.45, 7) is 7.90. The maximum atomic E-state index is 12.9. The molecule has 0 spiro atoms. The Bertz CT molecular complexity index is 1010. The lowest BCUT2D eigenvalue weighted by atomic mass is 9.74. The van der Waals surface area contributed by atoms with Gasteiger partial charge >= 0.3 is 0 Å². The molecule has 3 heterocycles. The summed E-state index contributed by atoms with van der Waals surface area (Å²) in [5.41, 5.74) is 3.90. The molecule has 1 aliphatic carbocycles. The molecule has 1 N–H and O–H groups in total. The summed E-state index contributed by atoms with van der Waals surface area (Å²) in [7, 11) is 0. The van der Waals surface area contributed by atoms with E-state index in [0.717, 1.165) is 29.7 Å². The van der Waals surface area contributed by atoms with Gasteiger partial charge in [0, 0.05) is 29.7 Å². The number of carbonyl (C=O) groups is 1. The van der Waals surface area contributed by atoms with E-state index >= 15 is 0 Å². The quantitative estimate of drug-likeness (QED) is 0.750. The molecule has 0 saturated carbocycles. The number of aromatic nitrogens is 4. The Morgan fingerprint density at radius 3 is 2.79 bits per heavy atom. The van der Waals surface area contributed by atoms with Crippen LogP contribution in [0.4, 0.5) is 0 Å². The Hall–Kier alpha value is -3.09. The molecule has 1 amide bonds. The fourth-order valence-electron chi connectivity index (χ4n) is 3.85. The number of aryl methyl sites for hydroxylation is 2. The van der Waals surface area contributed by atoms with Gasteiger partial charge in [0.25, 0.3) is 5.91 Å². The van der Waals surface area contributed by atoms with Gasteiger partial charge in [-0.25, -0.2) is 9.97 Å². The van der Waals surface area contributed by atoms with Crippen molar-refractivity contribution in [3.8, 4) is 11.4 Å². The molecule has 0 aromatic carbocycles. The molecule has 0 fully saturated rings. The summed E-state index contributed by atoms with van der Waals surface area (Å²) in [5.74, 6) is 0.995. The van der Waals surface area contributed by atoms with Crippen LogP contribution >= 0.6 is 0 Å². The minimum atomic E-state index is -0.179. The van der Waals surface area contributed by atoms with Crippen LogP contribution in [0.5, 0.6) is 0 Å². The molecule has 7 heteroatoms. The van der Waals surface area contributed by atoms with Gasteiger partial charge in [0.2, 0.25) is 0 Å². The number of rotatable bonds is 3. The number of amides is 1. The molecular formula is C21H23N5O2. The Kier molecular flexibility index (Phi) is 4.45. The Morgan fingerprint density at radius 2 is 2.11 bits per heavy atom. The van der Waals surface area contributed by atoms with Gasteiger partial charge in [0.1, 0.15) is 11.3 Å². The Labute approximate surface area is 163 Å². The van der Waals surface area contributed by atoms with Crippen molar-refractivity contribution in [1.29, 1.82) is 0 Å². The van der Waals surface area contributed by atoms with Gasteiger partial charge in [-0.2, -0.15) is 0 Å². The SMILES string of the molecule is Cc1noc(C)c1C(=O)N[C@@H]1CC(C)(C)Cc2nc(-c3cccnc3)ncc21. The van der Waals surface area contributed by atoms with Crippen LogP contribution in [-0.2, 0) is 6.42 Å². The van der Waals surface area contributed by atoms with Crippen molar-refractivity contribution in [2.24, 2.45) is 5.41 Å². The zero-order valence-electron chi connectivity index (χ0n) is 16.5. The van der Waals surface area contributed by atoms with Crippen molar-refractivity contribution in [2.75, 3.05) is 0 Å². The molecule has 1 atom stereocenters. The number of hydrogen-bond acceptors (Lipinski definition) is 6. The molecule has 28 heavy (non-hydrogen) atoms. The van der Waals surface area contributed by atoms with Crippen molar-refractivity contribution in [3.05, 3.63) is 59.0 Å². The van der Waals surface area contributed by atoms with Gasteiger partial charge in [-0.05, 0) is 44.2 Å². The lowest BCUT2D eigenvalue weighted by Gasteiger charge is -2.36. The predicted octanol–water partition coefficient (Wildman–Crippen LogP) is 3.59. The van der Waals surface area contributed by atoms with Crippen molar-refractivity contribution in [2.45, 2.75) is 46.6 Å². The van der Waals surface area contributed by atoms with Crippen LogP contribution in [0.1, 0.15) is 59.4 Å². The lowest BCUT2D eigenvalue weighted by Crippen LogP contribution is -2.37. The first-order valence-electron chi connectivity index (χ1n) is 9.34. The van der Waals surface area contributed by atoms with Gasteiger partial charge in [0.15, 0.2) is 5.82 Å². The summed E-state index contributed by atoms with van der Waals surface area (Å²) >= 11 is 0. The smallest absolute Gasteiger partial charge is 0.257 e. The van der Waals surface area contributed by atoms with Crippen LogP contribution < -0.4 is 5.32 Å². The van der Waals surface area contributed by atoms with Crippen LogP contribution in [0.15, 0.2) is 35.2 Å². The van der Waals surface area contributed by atoms with Crippen molar-refractivity contribution in [1.82, 2.24) is 25.4 Å². The van der Waals surface area contributed by atoms with E-state index in [1.807, 2.05) is 18.3 Å². The van der Waals surface area contributed by atoms with Crippen molar-refractivity contribution < 1.29 is 9.32 Å². The summed E-state index contributed by atoms with van der Waals surface area (Å²) in [6.07, 6.45) is 6.95. The van der Waals surface area contributed by atoms with Crippen molar-refractivity contribution in [3.63, 3.8) is 0 Å². The van der Waals surface area contributed by atoms with Gasteiger partial charge in [-0.3, -0.25) is 9.78 Å². The first-order valence-corrected chi connectivity index (χ1v) is 9.34. The molecule has 3 aromatic rings. The van der Waals surface area contributed by atoms with Gasteiger partial charge in [0.05, 0.1) is 17.4 Å². The van der Waals surface area contributed by atoms with E-state index in [2.05, 4.69) is 34.3 Å². The van der Waals surface area contributed by atoms with Crippen LogP contribution in [0.25, 0.3) is 11.4 Å². The first kappa shape index (κ1) is 18.3. The number of hydrogen-bond donors (Lipinski definition) is 1. The third-order valence-electron chi connectivity index (χ3n) is 5.16. The van der Waals surface area contributed by atoms with E-state index in [-0.39, 0.29) is 17.4 Å². The average Bonchev–Trinajstić information content (AvgIpc) is 2.99. The minimum absolute atomic E-state index is 0.00421. The highest BCUT2D eigenvalue weighted by atomic mass is 16.5. The van der Waals surface area contributed by atoms with Crippen LogP contribution in [0, 0.1) is 19.3 Å². The van der Waals surface area contributed by atoms with E-state index in [4.69, 9.17) is 9.51 Å². The standard InChI is InChI=1S/C21H23N5O2/c1-12-18(13(2)28-26-12)20(27)25-17-9-21(3,4)8-16-15(17)11-23-19(24-16)14-6-5-7-22-10-14/h5-7,10-11,17H,8-9H2,1-4H3,(H,25,27)/t17-/m1/s1. The number of pyridine rings is 1. The lowest BCUT2D eigenvalue weighted by molar-refractivity contribution is 0.0917. The largest absolute Gasteiger partial charge is 0.361 e. The summed E-state index contributed by atoms with van der Waals surface area (Å²) in [4.78, 5) is 26.3. The molecule has 0 aliphatic heterocycles. The molecule has 0 unspecified atom stereocenters. The summed E-state index contributed by atoms with van der Waals surface area (Å²) in [6, 6.07) is 3.65. The maximum absolute atomic E-state index is 12.9. The zero-order valence-corrected chi connectivity index (χ0v) is 16.5. The van der Waals surface area contributed by atoms with Gasteiger partial charge < -0.3 is 9.84 Å². The summed E-state index contributed by atoms with van der Waals surface area (Å²) in [5, 5.41) is 7.02. The minimum Gasteiger partial charge on any atom is -0.361 e. The molecule has 7 nitrogen and oxygen atoms in total. The fraction of sp³-hybridized carbons (Fsp3) is 0.381. The molecule has 144 valence electrons. The highest BCUT2D eigenvalue weighted by Gasteiger charge is 2.35. The van der Waals surface area contributed by atoms with E-state index in [0.29, 0.717) is 22.8 Å². The van der Waals surface area contributed by atoms with E-state index in [1.54, 1.807) is 26.2 Å². The van der Waals surface area contributed by atoms with E-state index in [9.17, 15) is 4.79 Å². The first-order chi connectivity index (χ1) is 13.3. The second kappa shape index (κ2) is 6.82.